The lowest BCUT2D eigenvalue weighted by Crippen LogP contribution is -2.34. The number of hydrogen-bond donors (Lipinski definition) is 0. The van der Waals surface area contributed by atoms with E-state index >= 15 is 0 Å². The van der Waals surface area contributed by atoms with Gasteiger partial charge in [-0.25, -0.2) is 4.79 Å². The number of carbonyl (C=O) groups is 1. The Hall–Kier alpha value is -1.33. The van der Waals surface area contributed by atoms with Crippen molar-refractivity contribution in [2.75, 3.05) is 6.61 Å². The van der Waals surface area contributed by atoms with E-state index in [2.05, 4.69) is 0 Å². The molecule has 1 fully saturated rings. The molecule has 2 rings (SSSR count). The van der Waals surface area contributed by atoms with Gasteiger partial charge in [-0.2, -0.15) is 0 Å². The molecule has 108 valence electrons. The van der Waals surface area contributed by atoms with Crippen LogP contribution in [0, 0.1) is 0 Å². The lowest BCUT2D eigenvalue weighted by molar-refractivity contribution is 0.00695. The van der Waals surface area contributed by atoms with Gasteiger partial charge in [0.2, 0.25) is 0 Å². The van der Waals surface area contributed by atoms with Crippen LogP contribution < -0.4 is 5.46 Å². The third-order valence-electron chi connectivity index (χ3n) is 2.83. The van der Waals surface area contributed by atoms with Gasteiger partial charge in [0.15, 0.2) is 0 Å². The highest BCUT2D eigenvalue weighted by Gasteiger charge is 2.38. The maximum Gasteiger partial charge on any atom is 0.494 e. The van der Waals surface area contributed by atoms with Crippen LogP contribution in [0.3, 0.4) is 0 Å². The van der Waals surface area contributed by atoms with Crippen molar-refractivity contribution in [1.82, 2.24) is 0 Å². The second kappa shape index (κ2) is 5.22. The number of esters is 1. The lowest BCUT2D eigenvalue weighted by atomic mass is 9.79. The van der Waals surface area contributed by atoms with Gasteiger partial charge in [0.05, 0.1) is 17.8 Å². The average Bonchev–Trinajstić information content (AvgIpc) is 2.68. The summed E-state index contributed by atoms with van der Waals surface area (Å²) < 4.78 is 16.7. The molecule has 1 aromatic carbocycles. The van der Waals surface area contributed by atoms with E-state index < -0.39 is 5.60 Å². The van der Waals surface area contributed by atoms with Crippen LogP contribution in [0.1, 0.15) is 45.0 Å². The Balaban J connectivity index is 2.05. The topological polar surface area (TPSA) is 44.8 Å². The van der Waals surface area contributed by atoms with Crippen molar-refractivity contribution in [2.24, 2.45) is 0 Å². The van der Waals surface area contributed by atoms with E-state index in [0.29, 0.717) is 12.2 Å². The first-order valence-corrected chi connectivity index (χ1v) is 6.79. The molecule has 1 aliphatic rings. The largest absolute Gasteiger partial charge is 0.494 e. The summed E-state index contributed by atoms with van der Waals surface area (Å²) in [7, 11) is -0.363. The van der Waals surface area contributed by atoms with Gasteiger partial charge in [-0.3, -0.25) is 0 Å². The summed E-state index contributed by atoms with van der Waals surface area (Å²) in [5, 5.41) is 0. The molecule has 1 heterocycles. The van der Waals surface area contributed by atoms with Gasteiger partial charge in [0.25, 0.3) is 0 Å². The summed E-state index contributed by atoms with van der Waals surface area (Å²) in [6, 6.07) is 7.15. The molecular formula is C15H21BO4. The van der Waals surface area contributed by atoms with Crippen molar-refractivity contribution in [1.29, 1.82) is 0 Å². The fraction of sp³-hybridized carbons (Fsp3) is 0.533. The van der Waals surface area contributed by atoms with E-state index in [4.69, 9.17) is 14.0 Å². The van der Waals surface area contributed by atoms with Gasteiger partial charge in [-0.05, 0) is 52.2 Å². The molecule has 4 nitrogen and oxygen atoms in total. The Morgan fingerprint density at radius 3 is 2.30 bits per heavy atom. The summed E-state index contributed by atoms with van der Waals surface area (Å²) in [5.74, 6) is -0.322. The normalized spacial score (nSPS) is 18.1. The van der Waals surface area contributed by atoms with Crippen molar-refractivity contribution in [3.05, 3.63) is 29.8 Å². The fourth-order valence-corrected chi connectivity index (χ4v) is 1.91. The first-order valence-electron chi connectivity index (χ1n) is 6.79. The van der Waals surface area contributed by atoms with Gasteiger partial charge < -0.3 is 14.0 Å². The van der Waals surface area contributed by atoms with Crippen LogP contribution in [0.4, 0.5) is 0 Å². The molecule has 1 aromatic rings. The number of rotatable bonds is 2. The predicted molar refractivity (Wildman–Crippen MR) is 78.1 cm³/mol. The third kappa shape index (κ3) is 3.84. The maximum absolute atomic E-state index is 11.9. The van der Waals surface area contributed by atoms with E-state index in [0.717, 1.165) is 5.46 Å². The third-order valence-corrected chi connectivity index (χ3v) is 2.83. The van der Waals surface area contributed by atoms with Crippen molar-refractivity contribution >= 4 is 18.6 Å². The van der Waals surface area contributed by atoms with Crippen molar-refractivity contribution in [2.45, 2.75) is 45.8 Å². The maximum atomic E-state index is 11.9. The minimum absolute atomic E-state index is 0.269. The first kappa shape index (κ1) is 15.1. The molecule has 5 heteroatoms. The summed E-state index contributed by atoms with van der Waals surface area (Å²) in [4.78, 5) is 11.9. The van der Waals surface area contributed by atoms with Crippen LogP contribution in [-0.2, 0) is 14.0 Å². The standard InChI is InChI=1S/C15H21BO4/c1-14(2,3)19-13(17)11-6-8-12(9-7-11)16-18-10-15(4,5)20-16/h6-9H,10H2,1-5H3. The molecule has 0 aromatic heterocycles. The summed E-state index contributed by atoms with van der Waals surface area (Å²) in [6.45, 7) is 10.1. The molecule has 0 spiro atoms. The first-order chi connectivity index (χ1) is 9.16. The minimum atomic E-state index is -0.489. The Bertz CT molecular complexity index is 488. The molecule has 0 unspecified atom stereocenters. The van der Waals surface area contributed by atoms with E-state index in [9.17, 15) is 4.79 Å². The van der Waals surface area contributed by atoms with Crippen molar-refractivity contribution in [3.63, 3.8) is 0 Å². The summed E-state index contributed by atoms with van der Waals surface area (Å²) in [6.07, 6.45) is 0. The fourth-order valence-electron chi connectivity index (χ4n) is 1.91. The van der Waals surface area contributed by atoms with Crippen LogP contribution in [-0.4, -0.2) is 30.9 Å². The molecule has 0 saturated carbocycles. The summed E-state index contributed by atoms with van der Waals surface area (Å²) >= 11 is 0. The highest BCUT2D eigenvalue weighted by atomic mass is 16.7. The molecule has 0 aliphatic carbocycles. The Labute approximate surface area is 120 Å². The quantitative estimate of drug-likeness (QED) is 0.613. The monoisotopic (exact) mass is 276 g/mol. The highest BCUT2D eigenvalue weighted by Crippen LogP contribution is 2.19. The number of hydrogen-bond acceptors (Lipinski definition) is 4. The van der Waals surface area contributed by atoms with Gasteiger partial charge in [-0.15, -0.1) is 0 Å². The number of benzene rings is 1. The van der Waals surface area contributed by atoms with Crippen LogP contribution in [0.25, 0.3) is 0 Å². The Kier molecular flexibility index (Phi) is 3.94. The molecule has 1 aliphatic heterocycles. The van der Waals surface area contributed by atoms with E-state index in [1.165, 1.54) is 0 Å². The molecule has 20 heavy (non-hydrogen) atoms. The molecule has 0 atom stereocenters. The molecular weight excluding hydrogens is 255 g/mol. The number of carbonyl (C=O) groups excluding carboxylic acids is 1. The molecule has 0 amide bonds. The zero-order valence-electron chi connectivity index (χ0n) is 12.7. The highest BCUT2D eigenvalue weighted by molar-refractivity contribution is 6.61. The molecule has 0 bridgehead atoms. The van der Waals surface area contributed by atoms with Crippen LogP contribution in [0.15, 0.2) is 24.3 Å². The predicted octanol–water partition coefficient (Wildman–Crippen LogP) is 2.16. The van der Waals surface area contributed by atoms with Gasteiger partial charge in [0, 0.05) is 0 Å². The Morgan fingerprint density at radius 2 is 1.85 bits per heavy atom. The number of ether oxygens (including phenoxy) is 1. The van der Waals surface area contributed by atoms with Crippen LogP contribution in [0.5, 0.6) is 0 Å². The summed E-state index contributed by atoms with van der Waals surface area (Å²) in [5.41, 5.74) is 0.676. The van der Waals surface area contributed by atoms with E-state index in [1.54, 1.807) is 12.1 Å². The second-order valence-corrected chi connectivity index (χ2v) is 6.64. The molecule has 1 saturated heterocycles. The van der Waals surface area contributed by atoms with Gasteiger partial charge >= 0.3 is 13.1 Å². The average molecular weight is 276 g/mol. The SMILES string of the molecule is CC(C)(C)OC(=O)c1ccc(B2OCC(C)(C)O2)cc1. The lowest BCUT2D eigenvalue weighted by Gasteiger charge is -2.19. The Morgan fingerprint density at radius 1 is 1.25 bits per heavy atom. The smallest absolute Gasteiger partial charge is 0.456 e. The van der Waals surface area contributed by atoms with E-state index in [-0.39, 0.29) is 18.7 Å². The van der Waals surface area contributed by atoms with Crippen LogP contribution in [0.2, 0.25) is 0 Å². The zero-order chi connectivity index (χ0) is 15.0. The zero-order valence-corrected chi connectivity index (χ0v) is 12.7. The minimum Gasteiger partial charge on any atom is -0.456 e. The molecule has 0 radical (unpaired) electrons. The molecule has 0 N–H and O–H groups in total. The van der Waals surface area contributed by atoms with Crippen LogP contribution >= 0.6 is 0 Å². The van der Waals surface area contributed by atoms with Gasteiger partial charge in [-0.1, -0.05) is 12.1 Å². The van der Waals surface area contributed by atoms with Crippen molar-refractivity contribution < 1.29 is 18.8 Å². The van der Waals surface area contributed by atoms with Gasteiger partial charge in [0.1, 0.15) is 5.60 Å². The van der Waals surface area contributed by atoms with Crippen molar-refractivity contribution in [3.8, 4) is 0 Å². The van der Waals surface area contributed by atoms with E-state index in [1.807, 2.05) is 46.8 Å². The second-order valence-electron chi connectivity index (χ2n) is 6.64.